The number of amides is 3. The second-order valence-electron chi connectivity index (χ2n) is 7.79. The molecule has 1 N–H and O–H groups in total. The third kappa shape index (κ3) is 3.29. The Morgan fingerprint density at radius 2 is 1.75 bits per heavy atom. The van der Waals surface area contributed by atoms with E-state index >= 15 is 0 Å². The molecule has 2 bridgehead atoms. The molecule has 2 aliphatic carbocycles. The first-order valence-corrected chi connectivity index (χ1v) is 12.2. The summed E-state index contributed by atoms with van der Waals surface area (Å²) in [4.78, 5) is 40.0. The van der Waals surface area contributed by atoms with Gasteiger partial charge in [0, 0.05) is 32.8 Å². The number of halogens is 3. The average Bonchev–Trinajstić information content (AvgIpc) is 3.27. The second-order valence-corrected chi connectivity index (χ2v) is 10.8. The van der Waals surface area contributed by atoms with Gasteiger partial charge in [0.1, 0.15) is 0 Å². The first kappa shape index (κ1) is 20.5. The largest absolute Gasteiger partial charge is 0.326 e. The zero-order valence-corrected chi connectivity index (χ0v) is 20.1. The molecule has 1 aromatic carbocycles. The highest BCUT2D eigenvalue weighted by Crippen LogP contribution is 2.60. The summed E-state index contributed by atoms with van der Waals surface area (Å²) in [7, 11) is 0. The highest BCUT2D eigenvalue weighted by atomic mass is 79.9. The number of benzene rings is 1. The third-order valence-electron chi connectivity index (χ3n) is 6.36. The number of rotatable bonds is 5. The van der Waals surface area contributed by atoms with Crippen LogP contribution in [0, 0.1) is 23.7 Å². The molecule has 0 radical (unpaired) electrons. The van der Waals surface area contributed by atoms with Crippen LogP contribution in [0.15, 0.2) is 22.7 Å². The van der Waals surface area contributed by atoms with Crippen molar-refractivity contribution in [3.05, 3.63) is 28.2 Å². The monoisotopic (exact) mass is 574 g/mol. The molecule has 0 aromatic heterocycles. The second kappa shape index (κ2) is 7.84. The summed E-state index contributed by atoms with van der Waals surface area (Å²) in [6.45, 7) is 2.17. The smallest absolute Gasteiger partial charge is 0.233 e. The zero-order chi connectivity index (χ0) is 20.2. The van der Waals surface area contributed by atoms with Crippen molar-refractivity contribution < 1.29 is 14.4 Å². The number of anilines is 1. The van der Waals surface area contributed by atoms with Gasteiger partial charge in [-0.25, -0.2) is 0 Å². The number of imide groups is 1. The zero-order valence-electron chi connectivity index (χ0n) is 15.3. The van der Waals surface area contributed by atoms with Crippen LogP contribution < -0.4 is 5.32 Å². The molecule has 150 valence electrons. The molecule has 3 amide bonds. The van der Waals surface area contributed by atoms with Crippen molar-refractivity contribution >= 4 is 71.2 Å². The fourth-order valence-electron chi connectivity index (χ4n) is 5.03. The minimum absolute atomic E-state index is 0.1000. The molecule has 4 rings (SSSR count). The molecule has 5 nitrogen and oxygen atoms in total. The Kier molecular flexibility index (Phi) is 5.75. The van der Waals surface area contributed by atoms with Gasteiger partial charge in [-0.1, -0.05) is 54.7 Å². The van der Waals surface area contributed by atoms with Crippen LogP contribution in [0.2, 0.25) is 0 Å². The van der Waals surface area contributed by atoms with Gasteiger partial charge in [-0.15, -0.1) is 0 Å². The van der Waals surface area contributed by atoms with Gasteiger partial charge >= 0.3 is 0 Å². The number of likely N-dealkylation sites (tertiary alicyclic amines) is 1. The molecule has 2 saturated carbocycles. The van der Waals surface area contributed by atoms with Gasteiger partial charge in [-0.2, -0.15) is 0 Å². The van der Waals surface area contributed by atoms with Gasteiger partial charge in [-0.3, -0.25) is 19.3 Å². The summed E-state index contributed by atoms with van der Waals surface area (Å²) in [5.41, 5.74) is 1.81. The van der Waals surface area contributed by atoms with Crippen LogP contribution >= 0.6 is 47.8 Å². The van der Waals surface area contributed by atoms with Crippen molar-refractivity contribution in [2.75, 3.05) is 11.9 Å². The standard InChI is InChI=1S/C20H21Br3N2O3/c1-2-9-7-10(21)3-4-13(9)24-14(26)5-6-25-19(27)15-11-8-12(16(15)20(25)28)18(23)17(11)22/h3-4,7,11-12,15-18H,2,5-6,8H2,1H3,(H,24,26)/t11-,12-,15-,16+,17-,18+/m1/s1. The fourth-order valence-corrected chi connectivity index (χ4v) is 7.32. The summed E-state index contributed by atoms with van der Waals surface area (Å²) < 4.78 is 0.965. The van der Waals surface area contributed by atoms with Crippen molar-refractivity contribution in [1.82, 2.24) is 4.90 Å². The Bertz CT molecular complexity index is 814. The lowest BCUT2D eigenvalue weighted by atomic mass is 9.81. The Morgan fingerprint density at radius 3 is 2.32 bits per heavy atom. The van der Waals surface area contributed by atoms with E-state index in [0.29, 0.717) is 0 Å². The highest BCUT2D eigenvalue weighted by Gasteiger charge is 2.66. The number of hydrogen-bond acceptors (Lipinski definition) is 3. The number of carbonyl (C=O) groups is 3. The number of carbonyl (C=O) groups excluding carboxylic acids is 3. The fraction of sp³-hybridized carbons (Fsp3) is 0.550. The number of aryl methyl sites for hydroxylation is 1. The summed E-state index contributed by atoms with van der Waals surface area (Å²) in [6, 6.07) is 5.72. The lowest BCUT2D eigenvalue weighted by Crippen LogP contribution is -2.37. The molecule has 3 fully saturated rings. The summed E-state index contributed by atoms with van der Waals surface area (Å²) in [6.07, 6.45) is 1.82. The van der Waals surface area contributed by atoms with E-state index in [4.69, 9.17) is 0 Å². The molecule has 3 aliphatic rings. The summed E-state index contributed by atoms with van der Waals surface area (Å²) >= 11 is 10.8. The lowest BCUT2D eigenvalue weighted by Gasteiger charge is -2.28. The van der Waals surface area contributed by atoms with E-state index in [9.17, 15) is 14.4 Å². The van der Waals surface area contributed by atoms with Gasteiger partial charge in [0.05, 0.1) is 11.8 Å². The number of nitrogens with one attached hydrogen (secondary N) is 1. The van der Waals surface area contributed by atoms with E-state index in [0.717, 1.165) is 28.6 Å². The van der Waals surface area contributed by atoms with Crippen molar-refractivity contribution in [2.24, 2.45) is 23.7 Å². The molecule has 6 atom stereocenters. The lowest BCUT2D eigenvalue weighted by molar-refractivity contribution is -0.140. The van der Waals surface area contributed by atoms with Gasteiger partial charge in [0.15, 0.2) is 0 Å². The molecular weight excluding hydrogens is 556 g/mol. The average molecular weight is 577 g/mol. The van der Waals surface area contributed by atoms with Crippen LogP contribution in [-0.2, 0) is 20.8 Å². The van der Waals surface area contributed by atoms with E-state index in [1.54, 1.807) is 0 Å². The maximum Gasteiger partial charge on any atom is 0.233 e. The molecule has 0 unspecified atom stereocenters. The van der Waals surface area contributed by atoms with Crippen LogP contribution in [0.1, 0.15) is 25.3 Å². The van der Waals surface area contributed by atoms with E-state index in [1.165, 1.54) is 4.90 Å². The first-order valence-electron chi connectivity index (χ1n) is 9.55. The van der Waals surface area contributed by atoms with E-state index in [-0.39, 0.29) is 64.0 Å². The van der Waals surface area contributed by atoms with E-state index in [1.807, 2.05) is 25.1 Å². The third-order valence-corrected chi connectivity index (χ3v) is 10.1. The number of alkyl halides is 2. The molecule has 0 spiro atoms. The van der Waals surface area contributed by atoms with E-state index in [2.05, 4.69) is 53.1 Å². The van der Waals surface area contributed by atoms with Crippen molar-refractivity contribution in [3.63, 3.8) is 0 Å². The summed E-state index contributed by atoms with van der Waals surface area (Å²) in [5, 5.41) is 2.91. The SMILES string of the molecule is CCc1cc(Br)ccc1NC(=O)CCN1C(=O)[C@@H]2[C@H]3C[C@@H]([C@H](Br)[C@@H]3Br)[C@@H]2C1=O. The molecular formula is C20H21Br3N2O3. The van der Waals surface area contributed by atoms with Crippen molar-refractivity contribution in [2.45, 2.75) is 35.8 Å². The topological polar surface area (TPSA) is 66.5 Å². The molecule has 1 aliphatic heterocycles. The Balaban J connectivity index is 1.40. The first-order chi connectivity index (χ1) is 13.3. The number of fused-ring (bicyclic) bond motifs is 5. The molecule has 1 aromatic rings. The van der Waals surface area contributed by atoms with Crippen LogP contribution in [0.25, 0.3) is 0 Å². The van der Waals surface area contributed by atoms with Crippen molar-refractivity contribution in [3.8, 4) is 0 Å². The highest BCUT2D eigenvalue weighted by molar-refractivity contribution is 9.12. The minimum Gasteiger partial charge on any atom is -0.326 e. The maximum absolute atomic E-state index is 12.9. The molecule has 28 heavy (non-hydrogen) atoms. The van der Waals surface area contributed by atoms with E-state index < -0.39 is 0 Å². The van der Waals surface area contributed by atoms with Crippen LogP contribution in [0.4, 0.5) is 5.69 Å². The van der Waals surface area contributed by atoms with Crippen LogP contribution in [0.3, 0.4) is 0 Å². The number of hydrogen-bond donors (Lipinski definition) is 1. The van der Waals surface area contributed by atoms with Gasteiger partial charge in [0.25, 0.3) is 0 Å². The van der Waals surface area contributed by atoms with Crippen LogP contribution in [-0.4, -0.2) is 38.8 Å². The predicted molar refractivity (Wildman–Crippen MR) is 117 cm³/mol. The Hall–Kier alpha value is -0.730. The van der Waals surface area contributed by atoms with Gasteiger partial charge in [0.2, 0.25) is 17.7 Å². The number of nitrogens with zero attached hydrogens (tertiary/aromatic N) is 1. The Morgan fingerprint density at radius 1 is 1.14 bits per heavy atom. The van der Waals surface area contributed by atoms with Crippen molar-refractivity contribution in [1.29, 1.82) is 0 Å². The Labute approximate surface area is 189 Å². The predicted octanol–water partition coefficient (Wildman–Crippen LogP) is 4.12. The minimum atomic E-state index is -0.225. The van der Waals surface area contributed by atoms with Crippen LogP contribution in [0.5, 0.6) is 0 Å². The quantitative estimate of drug-likeness (QED) is 0.424. The van der Waals surface area contributed by atoms with Gasteiger partial charge < -0.3 is 5.32 Å². The van der Waals surface area contributed by atoms with Gasteiger partial charge in [-0.05, 0) is 48.4 Å². The normalized spacial score (nSPS) is 33.5. The molecule has 1 saturated heterocycles. The summed E-state index contributed by atoms with van der Waals surface area (Å²) in [5.74, 6) is -0.439. The molecule has 1 heterocycles. The molecule has 8 heteroatoms. The maximum atomic E-state index is 12.9.